The van der Waals surface area contributed by atoms with Gasteiger partial charge in [0.15, 0.2) is 0 Å². The summed E-state index contributed by atoms with van der Waals surface area (Å²) >= 11 is 0. The van der Waals surface area contributed by atoms with E-state index >= 15 is 0 Å². The third kappa shape index (κ3) is 7.74. The Kier molecular flexibility index (Phi) is 10.9. The second-order valence-electron chi connectivity index (χ2n) is 15.1. The summed E-state index contributed by atoms with van der Waals surface area (Å²) in [6.45, 7) is 8.65. The second-order valence-corrected chi connectivity index (χ2v) is 19.5. The predicted octanol–water partition coefficient (Wildman–Crippen LogP) is 8.19. The maximum atomic E-state index is 7.77. The fourth-order valence-electron chi connectivity index (χ4n) is 7.97. The van der Waals surface area contributed by atoms with Crippen molar-refractivity contribution in [1.29, 1.82) is 0 Å². The van der Waals surface area contributed by atoms with Crippen LogP contribution in [0.3, 0.4) is 0 Å². The van der Waals surface area contributed by atoms with Gasteiger partial charge in [-0.3, -0.25) is 0 Å². The summed E-state index contributed by atoms with van der Waals surface area (Å²) in [6, 6.07) is 54.6. The quantitative estimate of drug-likeness (QED) is 0.141. The number of hydrogen-bond acceptors (Lipinski definition) is 2. The van der Waals surface area contributed by atoms with Crippen LogP contribution in [0.25, 0.3) is 0 Å². The molecule has 1 fully saturated rings. The molecular formula is C48H52N2P2. The van der Waals surface area contributed by atoms with Gasteiger partial charge >= 0.3 is 0 Å². The third-order valence-electron chi connectivity index (χ3n) is 11.1. The van der Waals surface area contributed by atoms with Crippen molar-refractivity contribution < 1.29 is 0 Å². The first kappa shape index (κ1) is 36.5. The lowest BCUT2D eigenvalue weighted by molar-refractivity contribution is 0.145. The fourth-order valence-corrected chi connectivity index (χ4v) is 12.8. The standard InChI is InChI=1S/C48H52N2P2/c1-35-15-23-41(24-16-35)51(42-25-17-36(2)18-26-42)45-13-7-5-11-39(45)33-47(49)31-9-10-32-48(47,50)34-40-12-6-8-14-46(40)52(43-27-19-37(3)20-28-43)44-29-21-38(4)22-30-44/h5-8,11-30H,9-10,31-34,49-50H2,1-4H3. The zero-order valence-corrected chi connectivity index (χ0v) is 32.9. The monoisotopic (exact) mass is 718 g/mol. The van der Waals surface area contributed by atoms with Crippen LogP contribution >= 0.6 is 15.8 Å². The lowest BCUT2D eigenvalue weighted by Gasteiger charge is -2.50. The minimum absolute atomic E-state index is 0.563. The Morgan fingerprint density at radius 2 is 0.673 bits per heavy atom. The molecule has 6 aromatic rings. The third-order valence-corrected chi connectivity index (χ3v) is 16.2. The summed E-state index contributed by atoms with van der Waals surface area (Å²) in [4.78, 5) is 0. The van der Waals surface area contributed by atoms with Crippen LogP contribution < -0.4 is 43.3 Å². The van der Waals surface area contributed by atoms with Crippen molar-refractivity contribution in [2.75, 3.05) is 0 Å². The Hall–Kier alpha value is -3.90. The van der Waals surface area contributed by atoms with E-state index in [0.717, 1.165) is 38.5 Å². The van der Waals surface area contributed by atoms with Crippen molar-refractivity contribution >= 4 is 47.7 Å². The molecule has 0 aliphatic heterocycles. The van der Waals surface area contributed by atoms with Gasteiger partial charge in [0.1, 0.15) is 0 Å². The Balaban J connectivity index is 1.28. The topological polar surface area (TPSA) is 52.0 Å². The molecule has 1 saturated carbocycles. The van der Waals surface area contributed by atoms with Gasteiger partial charge in [0.2, 0.25) is 0 Å². The molecule has 4 N–H and O–H groups in total. The molecule has 2 nitrogen and oxygen atoms in total. The minimum Gasteiger partial charge on any atom is -0.323 e. The fraction of sp³-hybridized carbons (Fsp3) is 0.250. The molecule has 52 heavy (non-hydrogen) atoms. The molecule has 7 rings (SSSR count). The van der Waals surface area contributed by atoms with E-state index in [1.807, 2.05) is 0 Å². The van der Waals surface area contributed by atoms with Crippen LogP contribution in [0.4, 0.5) is 0 Å². The van der Waals surface area contributed by atoms with Crippen LogP contribution in [0.5, 0.6) is 0 Å². The molecule has 4 heteroatoms. The SMILES string of the molecule is Cc1ccc(P(c2ccc(C)cc2)c2ccccc2CC2(N)CCCCC2(N)Cc2ccccc2P(c2ccc(C)cc2)c2ccc(C)cc2)cc1. The Morgan fingerprint density at radius 3 is 0.962 bits per heavy atom. The molecule has 0 spiro atoms. The van der Waals surface area contributed by atoms with Gasteiger partial charge in [-0.05, 0) is 112 Å². The van der Waals surface area contributed by atoms with Crippen molar-refractivity contribution in [3.05, 3.63) is 179 Å². The highest BCUT2D eigenvalue weighted by molar-refractivity contribution is 7.80. The number of aryl methyl sites for hydroxylation is 4. The lowest BCUT2D eigenvalue weighted by atomic mass is 9.63. The second kappa shape index (κ2) is 15.6. The molecule has 0 radical (unpaired) electrons. The molecule has 1 aliphatic carbocycles. The molecule has 0 bridgehead atoms. The number of benzene rings is 6. The maximum Gasteiger partial charge on any atom is 0.0381 e. The van der Waals surface area contributed by atoms with E-state index in [2.05, 4.69) is 173 Å². The van der Waals surface area contributed by atoms with Gasteiger partial charge in [-0.1, -0.05) is 181 Å². The highest BCUT2D eigenvalue weighted by atomic mass is 31.1. The van der Waals surface area contributed by atoms with E-state index in [9.17, 15) is 0 Å². The van der Waals surface area contributed by atoms with E-state index in [1.165, 1.54) is 65.2 Å². The summed E-state index contributed by atoms with van der Waals surface area (Å²) in [5.41, 5.74) is 22.2. The Labute approximate surface area is 314 Å². The van der Waals surface area contributed by atoms with Crippen LogP contribution in [0.2, 0.25) is 0 Å². The average Bonchev–Trinajstić information content (AvgIpc) is 3.14. The van der Waals surface area contributed by atoms with Crippen molar-refractivity contribution in [3.63, 3.8) is 0 Å². The smallest absolute Gasteiger partial charge is 0.0381 e. The van der Waals surface area contributed by atoms with Crippen LogP contribution in [-0.2, 0) is 12.8 Å². The van der Waals surface area contributed by atoms with Gasteiger partial charge in [-0.25, -0.2) is 0 Å². The molecule has 2 atom stereocenters. The molecule has 0 amide bonds. The van der Waals surface area contributed by atoms with Gasteiger partial charge in [-0.2, -0.15) is 0 Å². The summed E-state index contributed by atoms with van der Waals surface area (Å²) in [6.07, 6.45) is 5.54. The van der Waals surface area contributed by atoms with Crippen molar-refractivity contribution in [3.8, 4) is 0 Å². The Bertz CT molecular complexity index is 1860. The van der Waals surface area contributed by atoms with E-state index in [1.54, 1.807) is 0 Å². The van der Waals surface area contributed by atoms with E-state index in [-0.39, 0.29) is 0 Å². The zero-order valence-electron chi connectivity index (χ0n) is 31.1. The van der Waals surface area contributed by atoms with Crippen molar-refractivity contribution in [1.82, 2.24) is 0 Å². The van der Waals surface area contributed by atoms with Gasteiger partial charge in [0.05, 0.1) is 0 Å². The minimum atomic E-state index is -0.784. The van der Waals surface area contributed by atoms with Crippen molar-refractivity contribution in [2.45, 2.75) is 77.3 Å². The molecule has 0 saturated heterocycles. The van der Waals surface area contributed by atoms with Crippen LogP contribution in [-0.4, -0.2) is 11.1 Å². The van der Waals surface area contributed by atoms with E-state index in [4.69, 9.17) is 11.5 Å². The summed E-state index contributed by atoms with van der Waals surface area (Å²) < 4.78 is 0. The average molecular weight is 719 g/mol. The molecule has 1 aliphatic rings. The van der Waals surface area contributed by atoms with E-state index in [0.29, 0.717) is 0 Å². The summed E-state index contributed by atoms with van der Waals surface area (Å²) in [5.74, 6) is 0. The Morgan fingerprint density at radius 1 is 0.404 bits per heavy atom. The number of rotatable bonds is 10. The van der Waals surface area contributed by atoms with Gasteiger partial charge in [0, 0.05) is 11.1 Å². The predicted molar refractivity (Wildman–Crippen MR) is 229 cm³/mol. The van der Waals surface area contributed by atoms with Crippen LogP contribution in [0.15, 0.2) is 146 Å². The first-order chi connectivity index (χ1) is 25.1. The van der Waals surface area contributed by atoms with Crippen LogP contribution in [0, 0.1) is 27.7 Å². The van der Waals surface area contributed by atoms with Gasteiger partial charge in [-0.15, -0.1) is 0 Å². The molecule has 6 aromatic carbocycles. The highest BCUT2D eigenvalue weighted by Crippen LogP contribution is 2.42. The normalized spacial score (nSPS) is 18.9. The largest absolute Gasteiger partial charge is 0.323 e. The van der Waals surface area contributed by atoms with Gasteiger partial charge in [0.25, 0.3) is 0 Å². The summed E-state index contributed by atoms with van der Waals surface area (Å²) in [7, 11) is -1.57. The van der Waals surface area contributed by atoms with E-state index < -0.39 is 26.9 Å². The highest BCUT2D eigenvalue weighted by Gasteiger charge is 2.48. The molecule has 0 aromatic heterocycles. The molecule has 0 heterocycles. The first-order valence-corrected chi connectivity index (χ1v) is 21.4. The maximum absolute atomic E-state index is 7.77. The molecule has 2 unspecified atom stereocenters. The van der Waals surface area contributed by atoms with Crippen LogP contribution in [0.1, 0.15) is 59.1 Å². The zero-order chi connectivity index (χ0) is 36.3. The van der Waals surface area contributed by atoms with Crippen molar-refractivity contribution in [2.24, 2.45) is 11.5 Å². The first-order valence-electron chi connectivity index (χ1n) is 18.7. The molecule has 264 valence electrons. The molecular weight excluding hydrogens is 666 g/mol. The number of nitrogens with two attached hydrogens (primary N) is 2. The lowest BCUT2D eigenvalue weighted by Crippen LogP contribution is -2.70. The van der Waals surface area contributed by atoms with Gasteiger partial charge < -0.3 is 11.5 Å². The number of hydrogen-bond donors (Lipinski definition) is 2. The summed E-state index contributed by atoms with van der Waals surface area (Å²) in [5, 5.41) is 8.21.